The van der Waals surface area contributed by atoms with Crippen LogP contribution in [0.3, 0.4) is 0 Å². The molecular weight excluding hydrogens is 302 g/mol. The van der Waals surface area contributed by atoms with Gasteiger partial charge in [0, 0.05) is 18.0 Å². The minimum Gasteiger partial charge on any atom is -0.360 e. The zero-order chi connectivity index (χ0) is 16.9. The molecule has 0 unspecified atom stereocenters. The number of nitrogens with zero attached hydrogens (tertiary/aromatic N) is 2. The van der Waals surface area contributed by atoms with Crippen molar-refractivity contribution in [3.8, 4) is 0 Å². The molecule has 5 nitrogen and oxygen atoms in total. The van der Waals surface area contributed by atoms with E-state index in [4.69, 9.17) is 4.52 Å². The van der Waals surface area contributed by atoms with Crippen LogP contribution in [-0.4, -0.2) is 29.1 Å². The number of likely N-dealkylation sites (tertiary alicyclic amines) is 1. The maximum Gasteiger partial charge on any atom is 0.228 e. The third-order valence-electron chi connectivity index (χ3n) is 4.79. The maximum absolute atomic E-state index is 12.4. The van der Waals surface area contributed by atoms with Crippen molar-refractivity contribution >= 4 is 11.7 Å². The van der Waals surface area contributed by atoms with Crippen molar-refractivity contribution in [1.29, 1.82) is 0 Å². The van der Waals surface area contributed by atoms with Gasteiger partial charge >= 0.3 is 0 Å². The minimum absolute atomic E-state index is 0.0477. The van der Waals surface area contributed by atoms with Crippen LogP contribution in [0.15, 0.2) is 40.9 Å². The van der Waals surface area contributed by atoms with Gasteiger partial charge in [-0.2, -0.15) is 0 Å². The average Bonchev–Trinajstić information content (AvgIpc) is 3.02. The van der Waals surface area contributed by atoms with Crippen molar-refractivity contribution < 1.29 is 9.32 Å². The molecule has 1 amide bonds. The quantitative estimate of drug-likeness (QED) is 0.908. The molecule has 1 aromatic heterocycles. The molecule has 128 valence electrons. The van der Waals surface area contributed by atoms with Crippen LogP contribution in [0, 0.1) is 12.8 Å². The highest BCUT2D eigenvalue weighted by Gasteiger charge is 2.29. The van der Waals surface area contributed by atoms with Gasteiger partial charge in [-0.25, -0.2) is 0 Å². The lowest BCUT2D eigenvalue weighted by molar-refractivity contribution is -0.121. The maximum atomic E-state index is 12.4. The number of hydrogen-bond acceptors (Lipinski definition) is 4. The van der Waals surface area contributed by atoms with Crippen LogP contribution in [0.25, 0.3) is 0 Å². The van der Waals surface area contributed by atoms with Crippen LogP contribution in [0.4, 0.5) is 5.82 Å². The van der Waals surface area contributed by atoms with Crippen LogP contribution < -0.4 is 5.32 Å². The Morgan fingerprint density at radius 2 is 2.04 bits per heavy atom. The molecule has 24 heavy (non-hydrogen) atoms. The number of aryl methyl sites for hydroxylation is 1. The highest BCUT2D eigenvalue weighted by molar-refractivity contribution is 5.91. The molecule has 1 aromatic carbocycles. The van der Waals surface area contributed by atoms with Crippen LogP contribution in [0.2, 0.25) is 0 Å². The number of amides is 1. The molecule has 2 heterocycles. The summed E-state index contributed by atoms with van der Waals surface area (Å²) in [5.74, 6) is 1.31. The first-order chi connectivity index (χ1) is 11.7. The Balaban J connectivity index is 1.56. The average molecular weight is 327 g/mol. The Morgan fingerprint density at radius 3 is 2.62 bits per heavy atom. The lowest BCUT2D eigenvalue weighted by Gasteiger charge is -2.37. The summed E-state index contributed by atoms with van der Waals surface area (Å²) in [6, 6.07) is 12.8. The van der Waals surface area contributed by atoms with Crippen molar-refractivity contribution in [3.63, 3.8) is 0 Å². The van der Waals surface area contributed by atoms with Gasteiger partial charge in [0.2, 0.25) is 5.91 Å². The highest BCUT2D eigenvalue weighted by Crippen LogP contribution is 2.29. The second-order valence-electron chi connectivity index (χ2n) is 6.46. The van der Waals surface area contributed by atoms with Gasteiger partial charge in [0.25, 0.3) is 0 Å². The molecule has 3 rings (SSSR count). The molecule has 0 saturated carbocycles. The van der Waals surface area contributed by atoms with Gasteiger partial charge in [-0.1, -0.05) is 42.4 Å². The Labute approximate surface area is 143 Å². The Morgan fingerprint density at radius 1 is 1.33 bits per heavy atom. The fourth-order valence-electron chi connectivity index (χ4n) is 3.51. The summed E-state index contributed by atoms with van der Waals surface area (Å²) in [7, 11) is 0. The van der Waals surface area contributed by atoms with Crippen LogP contribution in [0.5, 0.6) is 0 Å². The first-order valence-corrected chi connectivity index (χ1v) is 8.70. The van der Waals surface area contributed by atoms with Crippen molar-refractivity contribution in [1.82, 2.24) is 10.1 Å². The zero-order valence-corrected chi connectivity index (χ0v) is 14.4. The summed E-state index contributed by atoms with van der Waals surface area (Å²) in [4.78, 5) is 14.9. The fraction of sp³-hybridized carbons (Fsp3) is 0.474. The number of aromatic nitrogens is 1. The standard InChI is InChI=1S/C19H25N3O2/c1-3-17(15-7-5-4-6-8-15)22-11-9-16(10-12-22)19(23)20-18-13-14(2)24-21-18/h4-8,13,16-17H,3,9-12H2,1-2H3,(H,20,21,23)/t17-/m0/s1. The lowest BCUT2D eigenvalue weighted by Crippen LogP contribution is -2.40. The first kappa shape index (κ1) is 16.7. The van der Waals surface area contributed by atoms with E-state index in [1.54, 1.807) is 6.07 Å². The summed E-state index contributed by atoms with van der Waals surface area (Å²) in [6.45, 7) is 5.94. The number of nitrogens with one attached hydrogen (secondary N) is 1. The molecule has 5 heteroatoms. The molecule has 1 N–H and O–H groups in total. The molecule has 1 aliphatic rings. The monoisotopic (exact) mass is 327 g/mol. The third-order valence-corrected chi connectivity index (χ3v) is 4.79. The van der Waals surface area contributed by atoms with Crippen molar-refractivity contribution in [2.45, 2.75) is 39.2 Å². The van der Waals surface area contributed by atoms with E-state index >= 15 is 0 Å². The van der Waals surface area contributed by atoms with E-state index in [0.29, 0.717) is 17.6 Å². The van der Waals surface area contributed by atoms with E-state index in [-0.39, 0.29) is 11.8 Å². The van der Waals surface area contributed by atoms with E-state index in [0.717, 1.165) is 32.4 Å². The van der Waals surface area contributed by atoms with Crippen molar-refractivity contribution in [2.75, 3.05) is 18.4 Å². The van der Waals surface area contributed by atoms with E-state index in [2.05, 4.69) is 52.6 Å². The molecular formula is C19H25N3O2. The van der Waals surface area contributed by atoms with Gasteiger partial charge in [0.1, 0.15) is 5.76 Å². The van der Waals surface area contributed by atoms with Gasteiger partial charge in [-0.15, -0.1) is 0 Å². The predicted molar refractivity (Wildman–Crippen MR) is 93.6 cm³/mol. The number of piperidine rings is 1. The van der Waals surface area contributed by atoms with E-state index in [1.807, 2.05) is 6.92 Å². The largest absolute Gasteiger partial charge is 0.360 e. The summed E-state index contributed by atoms with van der Waals surface area (Å²) in [6.07, 6.45) is 2.84. The molecule has 1 fully saturated rings. The zero-order valence-electron chi connectivity index (χ0n) is 14.4. The summed E-state index contributed by atoms with van der Waals surface area (Å²) >= 11 is 0. The van der Waals surface area contributed by atoms with Gasteiger partial charge in [-0.05, 0) is 44.8 Å². The summed E-state index contributed by atoms with van der Waals surface area (Å²) in [5.41, 5.74) is 1.36. The van der Waals surface area contributed by atoms with E-state index in [1.165, 1.54) is 5.56 Å². The number of anilines is 1. The van der Waals surface area contributed by atoms with Crippen molar-refractivity contribution in [3.05, 3.63) is 47.7 Å². The van der Waals surface area contributed by atoms with Crippen LogP contribution in [-0.2, 0) is 4.79 Å². The second-order valence-corrected chi connectivity index (χ2v) is 6.46. The second kappa shape index (κ2) is 7.62. The fourth-order valence-corrected chi connectivity index (χ4v) is 3.51. The molecule has 1 aliphatic heterocycles. The minimum atomic E-state index is 0.0477. The predicted octanol–water partition coefficient (Wildman–Crippen LogP) is 3.78. The molecule has 0 aliphatic carbocycles. The molecule has 2 aromatic rings. The lowest BCUT2D eigenvalue weighted by atomic mass is 9.92. The topological polar surface area (TPSA) is 58.4 Å². The smallest absolute Gasteiger partial charge is 0.228 e. The molecule has 1 saturated heterocycles. The number of benzene rings is 1. The number of rotatable bonds is 5. The number of hydrogen-bond donors (Lipinski definition) is 1. The molecule has 0 spiro atoms. The Hall–Kier alpha value is -2.14. The van der Waals surface area contributed by atoms with Gasteiger partial charge in [0.15, 0.2) is 5.82 Å². The SMILES string of the molecule is CC[C@@H](c1ccccc1)N1CCC(C(=O)Nc2cc(C)on2)CC1. The van der Waals surface area contributed by atoms with Crippen LogP contribution in [0.1, 0.15) is 43.6 Å². The van der Waals surface area contributed by atoms with Gasteiger partial charge in [-0.3, -0.25) is 9.69 Å². The highest BCUT2D eigenvalue weighted by atomic mass is 16.5. The molecule has 1 atom stereocenters. The Bertz CT molecular complexity index is 660. The third kappa shape index (κ3) is 3.85. The Kier molecular flexibility index (Phi) is 5.30. The summed E-state index contributed by atoms with van der Waals surface area (Å²) in [5, 5.41) is 6.69. The van der Waals surface area contributed by atoms with Crippen LogP contribution >= 0.6 is 0 Å². The van der Waals surface area contributed by atoms with E-state index in [9.17, 15) is 4.79 Å². The number of carbonyl (C=O) groups is 1. The normalized spacial score (nSPS) is 17.6. The van der Waals surface area contributed by atoms with Gasteiger partial charge < -0.3 is 9.84 Å². The first-order valence-electron chi connectivity index (χ1n) is 8.70. The van der Waals surface area contributed by atoms with Crippen molar-refractivity contribution in [2.24, 2.45) is 5.92 Å². The van der Waals surface area contributed by atoms with Gasteiger partial charge in [0.05, 0.1) is 0 Å². The molecule has 0 bridgehead atoms. The molecule has 0 radical (unpaired) electrons. The number of carbonyl (C=O) groups excluding carboxylic acids is 1. The summed E-state index contributed by atoms with van der Waals surface area (Å²) < 4.78 is 4.99. The van der Waals surface area contributed by atoms with E-state index < -0.39 is 0 Å².